The van der Waals surface area contributed by atoms with Crippen molar-refractivity contribution in [2.24, 2.45) is 0 Å². The Labute approximate surface area is 259 Å². The summed E-state index contributed by atoms with van der Waals surface area (Å²) in [7, 11) is 0. The number of hydrazine groups is 1. The van der Waals surface area contributed by atoms with Gasteiger partial charge in [0, 0.05) is 30.5 Å². The molecule has 45 heavy (non-hydrogen) atoms. The molecule has 3 fully saturated rings. The highest BCUT2D eigenvalue weighted by Crippen LogP contribution is 2.50. The van der Waals surface area contributed by atoms with Crippen LogP contribution in [0.1, 0.15) is 34.3 Å². The summed E-state index contributed by atoms with van der Waals surface area (Å²) in [6, 6.07) is 18.9. The number of anilines is 1. The van der Waals surface area contributed by atoms with Crippen molar-refractivity contribution in [2.45, 2.75) is 31.0 Å². The number of hydrogen-bond donors (Lipinski definition) is 1. The number of nitrogens with zero attached hydrogens (tertiary/aromatic N) is 4. The first-order valence-electron chi connectivity index (χ1n) is 15.2. The van der Waals surface area contributed by atoms with Crippen molar-refractivity contribution in [3.63, 3.8) is 0 Å². The third-order valence-electron chi connectivity index (χ3n) is 9.23. The largest absolute Gasteiger partial charge is 0.488 e. The zero-order valence-corrected chi connectivity index (χ0v) is 24.4. The van der Waals surface area contributed by atoms with Gasteiger partial charge in [0.25, 0.3) is 5.91 Å². The highest BCUT2D eigenvalue weighted by atomic mass is 19.2. The van der Waals surface area contributed by atoms with Crippen LogP contribution in [0.5, 0.6) is 0 Å². The number of carbonyl (C=O) groups excluding carboxylic acids is 1. The molecule has 0 spiro atoms. The van der Waals surface area contributed by atoms with Crippen molar-refractivity contribution in [3.8, 4) is 0 Å². The molecule has 3 aromatic rings. The third-order valence-corrected chi connectivity index (χ3v) is 9.23. The molecule has 1 N–H and O–H groups in total. The van der Waals surface area contributed by atoms with E-state index >= 15 is 8.78 Å². The molecule has 2 unspecified atom stereocenters. The first-order chi connectivity index (χ1) is 22.0. The van der Waals surface area contributed by atoms with Gasteiger partial charge in [0.15, 0.2) is 23.1 Å². The predicted molar refractivity (Wildman–Crippen MR) is 159 cm³/mol. The quantitative estimate of drug-likeness (QED) is 0.473. The number of rotatable bonds is 4. The molecular weight excluding hydrogens is 582 g/mol. The first kappa shape index (κ1) is 28.2. The molecule has 1 amide bonds. The summed E-state index contributed by atoms with van der Waals surface area (Å²) in [6.45, 7) is 2.14. The maximum Gasteiger partial charge on any atom is 0.277 e. The number of hydrogen-bond acceptors (Lipinski definition) is 8. The van der Waals surface area contributed by atoms with Crippen LogP contribution in [-0.2, 0) is 25.6 Å². The number of para-hydroxylation sites is 1. The fourth-order valence-electron chi connectivity index (χ4n) is 7.21. The Kier molecular flexibility index (Phi) is 7.05. The molecule has 0 aliphatic carbocycles. The Balaban J connectivity index is 1.34. The van der Waals surface area contributed by atoms with Crippen molar-refractivity contribution < 1.29 is 32.9 Å². The Morgan fingerprint density at radius 1 is 0.889 bits per heavy atom. The second-order valence-electron chi connectivity index (χ2n) is 11.7. The van der Waals surface area contributed by atoms with Gasteiger partial charge in [0.2, 0.25) is 0 Å². The van der Waals surface area contributed by atoms with Gasteiger partial charge < -0.3 is 29.1 Å². The summed E-state index contributed by atoms with van der Waals surface area (Å²) in [5, 5.41) is 14.8. The molecule has 4 atom stereocenters. The number of ether oxygens (including phenoxy) is 3. The highest BCUT2D eigenvalue weighted by molar-refractivity contribution is 5.95. The summed E-state index contributed by atoms with van der Waals surface area (Å²) in [6.07, 6.45) is 1.48. The average molecular weight is 615 g/mol. The van der Waals surface area contributed by atoms with Gasteiger partial charge in [-0.25, -0.2) is 8.78 Å². The summed E-state index contributed by atoms with van der Waals surface area (Å²) < 4.78 is 49.0. The molecule has 8 rings (SSSR count). The Morgan fingerprint density at radius 3 is 2.49 bits per heavy atom. The van der Waals surface area contributed by atoms with Crippen molar-refractivity contribution >= 4 is 11.6 Å². The number of amides is 1. The predicted octanol–water partition coefficient (Wildman–Crippen LogP) is 3.98. The Bertz CT molecular complexity index is 1700. The van der Waals surface area contributed by atoms with Crippen molar-refractivity contribution in [3.05, 3.63) is 124 Å². The van der Waals surface area contributed by atoms with Crippen LogP contribution >= 0.6 is 0 Å². The van der Waals surface area contributed by atoms with E-state index in [2.05, 4.69) is 4.90 Å². The Hall–Kier alpha value is -4.29. The lowest BCUT2D eigenvalue weighted by Crippen LogP contribution is -2.68. The molecular formula is C34H32F2N4O5. The average Bonchev–Trinajstić information content (AvgIpc) is 3.20. The number of benzene rings is 3. The number of aliphatic hydroxyl groups excluding tert-OH is 1. The van der Waals surface area contributed by atoms with Crippen LogP contribution in [0.15, 0.2) is 90.5 Å². The van der Waals surface area contributed by atoms with E-state index in [-0.39, 0.29) is 42.7 Å². The minimum atomic E-state index is -1.16. The molecule has 232 valence electrons. The molecule has 11 heteroatoms. The fourth-order valence-corrected chi connectivity index (χ4v) is 7.21. The molecule has 0 aromatic heterocycles. The van der Waals surface area contributed by atoms with E-state index in [1.165, 1.54) is 0 Å². The Morgan fingerprint density at radius 2 is 1.64 bits per heavy atom. The smallest absolute Gasteiger partial charge is 0.277 e. The maximum atomic E-state index is 16.0. The topological polar surface area (TPSA) is 78.0 Å². The van der Waals surface area contributed by atoms with Crippen LogP contribution in [0, 0.1) is 11.6 Å². The molecule has 5 heterocycles. The molecule has 5 aliphatic rings. The van der Waals surface area contributed by atoms with Crippen LogP contribution in [0.3, 0.4) is 0 Å². The normalized spacial score (nSPS) is 26.0. The second kappa shape index (κ2) is 11.3. The molecule has 0 bridgehead atoms. The summed E-state index contributed by atoms with van der Waals surface area (Å²) >= 11 is 0. The van der Waals surface area contributed by atoms with Gasteiger partial charge in [0.05, 0.1) is 38.5 Å². The maximum absolute atomic E-state index is 16.0. The van der Waals surface area contributed by atoms with Crippen LogP contribution in [0.2, 0.25) is 0 Å². The third kappa shape index (κ3) is 4.53. The number of fused-ring (bicyclic) bond motifs is 7. The zero-order chi connectivity index (χ0) is 30.7. The molecule has 0 saturated carbocycles. The first-order valence-corrected chi connectivity index (χ1v) is 15.2. The second-order valence-corrected chi connectivity index (χ2v) is 11.7. The van der Waals surface area contributed by atoms with Gasteiger partial charge in [0.1, 0.15) is 18.9 Å². The summed E-state index contributed by atoms with van der Waals surface area (Å²) in [4.78, 5) is 18.0. The lowest BCUT2D eigenvalue weighted by atomic mass is 9.90. The van der Waals surface area contributed by atoms with Crippen LogP contribution < -0.4 is 4.90 Å². The standard InChI is InChI=1S/C34H32F2N4O5/c35-24-11-10-23-29(30(24)36)26-19-43-16-14-37(26)25-9-5-4-8-22(25)31(23)40-28-20-44-17-15-38(28)34(42)32-33(27(41)12-13-39(32)40)45-18-21-6-2-1-3-7-21/h1-13,26-28,31,41H,14-20H2/t26?,27?,28-,31-/m1/s1. The van der Waals surface area contributed by atoms with E-state index in [4.69, 9.17) is 14.2 Å². The molecule has 5 aliphatic heterocycles. The zero-order valence-electron chi connectivity index (χ0n) is 24.4. The van der Waals surface area contributed by atoms with Gasteiger partial charge in [-0.2, -0.15) is 5.01 Å². The molecule has 0 radical (unpaired) electrons. The van der Waals surface area contributed by atoms with Crippen molar-refractivity contribution in [2.75, 3.05) is 44.4 Å². The van der Waals surface area contributed by atoms with Crippen LogP contribution in [-0.4, -0.2) is 77.7 Å². The lowest BCUT2D eigenvalue weighted by Gasteiger charge is -2.55. The van der Waals surface area contributed by atoms with E-state index < -0.39 is 36.0 Å². The van der Waals surface area contributed by atoms with Gasteiger partial charge in [-0.1, -0.05) is 54.6 Å². The molecule has 3 aromatic carbocycles. The molecule has 3 saturated heterocycles. The van der Waals surface area contributed by atoms with E-state index in [1.54, 1.807) is 28.3 Å². The number of carbonyl (C=O) groups is 1. The number of morpholine rings is 2. The monoisotopic (exact) mass is 614 g/mol. The number of aliphatic hydroxyl groups is 1. The van der Waals surface area contributed by atoms with Crippen molar-refractivity contribution in [1.29, 1.82) is 0 Å². The van der Waals surface area contributed by atoms with E-state index in [1.807, 2.05) is 59.6 Å². The minimum Gasteiger partial charge on any atom is -0.488 e. The van der Waals surface area contributed by atoms with E-state index in [9.17, 15) is 9.90 Å². The number of halogens is 2. The van der Waals surface area contributed by atoms with Gasteiger partial charge >= 0.3 is 0 Å². The van der Waals surface area contributed by atoms with Gasteiger partial charge in [-0.05, 0) is 34.9 Å². The van der Waals surface area contributed by atoms with E-state index in [0.717, 1.165) is 22.9 Å². The minimum absolute atomic E-state index is 0.125. The van der Waals surface area contributed by atoms with Crippen LogP contribution in [0.25, 0.3) is 0 Å². The van der Waals surface area contributed by atoms with Gasteiger partial charge in [-0.3, -0.25) is 9.80 Å². The summed E-state index contributed by atoms with van der Waals surface area (Å²) in [5.41, 5.74) is 3.57. The van der Waals surface area contributed by atoms with E-state index in [0.29, 0.717) is 31.9 Å². The van der Waals surface area contributed by atoms with Gasteiger partial charge in [-0.15, -0.1) is 0 Å². The summed E-state index contributed by atoms with van der Waals surface area (Å²) in [5.74, 6) is -2.02. The highest BCUT2D eigenvalue weighted by Gasteiger charge is 2.52. The lowest BCUT2D eigenvalue weighted by molar-refractivity contribution is -0.190. The fraction of sp³-hybridized carbons (Fsp3) is 0.324. The SMILES string of the molecule is O=C1C2=C(OCc3ccccc3)C(O)C=CN2N([C@@H]2c3ccccc3N3CCOCC3c3c2ccc(F)c3F)[C@@H]2COCCN12. The molecule has 9 nitrogen and oxygen atoms in total. The van der Waals surface area contributed by atoms with Crippen molar-refractivity contribution in [1.82, 2.24) is 14.9 Å². The van der Waals surface area contributed by atoms with Crippen LogP contribution in [0.4, 0.5) is 14.5 Å².